The van der Waals surface area contributed by atoms with Crippen LogP contribution in [-0.2, 0) is 4.79 Å². The van der Waals surface area contributed by atoms with Gasteiger partial charge in [0.25, 0.3) is 11.6 Å². The largest absolute Gasteiger partial charge is 0.497 e. The van der Waals surface area contributed by atoms with Crippen molar-refractivity contribution >= 4 is 17.3 Å². The third-order valence-corrected chi connectivity index (χ3v) is 4.36. The summed E-state index contributed by atoms with van der Waals surface area (Å²) in [6.07, 6.45) is -0.909. The molecule has 0 aromatic heterocycles. The Balaban J connectivity index is 1.85. The van der Waals surface area contributed by atoms with Gasteiger partial charge in [-0.15, -0.1) is 0 Å². The van der Waals surface area contributed by atoms with Crippen molar-refractivity contribution in [2.24, 2.45) is 0 Å². The van der Waals surface area contributed by atoms with E-state index < -0.39 is 22.8 Å². The molecule has 0 aliphatic heterocycles. The molecule has 0 aliphatic rings. The highest BCUT2D eigenvalue weighted by atomic mass is 19.1. The Morgan fingerprint density at radius 1 is 1.07 bits per heavy atom. The van der Waals surface area contributed by atoms with Crippen LogP contribution in [0.5, 0.6) is 11.5 Å². The van der Waals surface area contributed by atoms with Gasteiger partial charge in [-0.3, -0.25) is 14.9 Å². The summed E-state index contributed by atoms with van der Waals surface area (Å²) in [5, 5.41) is 13.8. The number of anilines is 1. The highest BCUT2D eigenvalue weighted by Gasteiger charge is 2.19. The predicted molar refractivity (Wildman–Crippen MR) is 110 cm³/mol. The van der Waals surface area contributed by atoms with Crippen molar-refractivity contribution in [3.05, 3.63) is 82.7 Å². The van der Waals surface area contributed by atoms with Crippen LogP contribution in [0, 0.1) is 15.9 Å². The lowest BCUT2D eigenvalue weighted by Gasteiger charge is -2.17. The monoisotopic (exact) mass is 410 g/mol. The fraction of sp³-hybridized carbons (Fsp3) is 0.136. The molecule has 1 amide bonds. The van der Waals surface area contributed by atoms with E-state index in [0.29, 0.717) is 28.3 Å². The molecule has 0 aliphatic carbocycles. The van der Waals surface area contributed by atoms with E-state index >= 15 is 0 Å². The lowest BCUT2D eigenvalue weighted by atomic mass is 10.0. The number of benzene rings is 3. The summed E-state index contributed by atoms with van der Waals surface area (Å²) in [6, 6.07) is 16.4. The van der Waals surface area contributed by atoms with Gasteiger partial charge < -0.3 is 14.8 Å². The molecular formula is C22H19FN2O5. The van der Waals surface area contributed by atoms with Gasteiger partial charge in [-0.1, -0.05) is 12.1 Å². The molecule has 1 N–H and O–H groups in total. The van der Waals surface area contributed by atoms with E-state index in [1.54, 1.807) is 31.2 Å². The fourth-order valence-electron chi connectivity index (χ4n) is 2.75. The lowest BCUT2D eigenvalue weighted by molar-refractivity contribution is -0.384. The van der Waals surface area contributed by atoms with Gasteiger partial charge >= 0.3 is 0 Å². The molecule has 7 nitrogen and oxygen atoms in total. The van der Waals surface area contributed by atoms with Crippen LogP contribution < -0.4 is 14.8 Å². The maximum atomic E-state index is 13.0. The maximum Gasteiger partial charge on any atom is 0.270 e. The van der Waals surface area contributed by atoms with Crippen LogP contribution in [0.2, 0.25) is 0 Å². The number of nitro benzene ring substituents is 1. The Labute approximate surface area is 172 Å². The highest BCUT2D eigenvalue weighted by molar-refractivity contribution is 5.94. The molecule has 0 spiro atoms. The average molecular weight is 410 g/mol. The number of nitro groups is 1. The van der Waals surface area contributed by atoms with E-state index in [1.807, 2.05) is 0 Å². The molecule has 0 fully saturated rings. The van der Waals surface area contributed by atoms with Crippen LogP contribution in [0.25, 0.3) is 11.1 Å². The Morgan fingerprint density at radius 2 is 1.73 bits per heavy atom. The first-order valence-electron chi connectivity index (χ1n) is 9.03. The maximum absolute atomic E-state index is 13.0. The third-order valence-electron chi connectivity index (χ3n) is 4.36. The highest BCUT2D eigenvalue weighted by Crippen LogP contribution is 2.35. The molecular weight excluding hydrogens is 391 g/mol. The average Bonchev–Trinajstić information content (AvgIpc) is 2.75. The van der Waals surface area contributed by atoms with Crippen molar-refractivity contribution in [3.8, 4) is 22.6 Å². The molecule has 3 aromatic rings. The lowest BCUT2D eigenvalue weighted by Crippen LogP contribution is -2.30. The van der Waals surface area contributed by atoms with Crippen molar-refractivity contribution in [2.75, 3.05) is 12.4 Å². The number of halogens is 1. The number of nitrogens with one attached hydrogen (secondary N) is 1. The molecule has 0 unspecified atom stereocenters. The van der Waals surface area contributed by atoms with Gasteiger partial charge in [-0.25, -0.2) is 4.39 Å². The van der Waals surface area contributed by atoms with Crippen molar-refractivity contribution in [2.45, 2.75) is 13.0 Å². The Bertz CT molecular complexity index is 1050. The molecule has 0 bridgehead atoms. The third kappa shape index (κ3) is 4.91. The Kier molecular flexibility index (Phi) is 6.26. The van der Waals surface area contributed by atoms with Gasteiger partial charge in [-0.05, 0) is 55.0 Å². The molecule has 0 radical (unpaired) electrons. The second-order valence-electron chi connectivity index (χ2n) is 6.42. The van der Waals surface area contributed by atoms with Crippen molar-refractivity contribution in [3.63, 3.8) is 0 Å². The van der Waals surface area contributed by atoms with Crippen molar-refractivity contribution in [1.82, 2.24) is 0 Å². The zero-order chi connectivity index (χ0) is 21.7. The normalized spacial score (nSPS) is 11.4. The minimum atomic E-state index is -0.909. The number of carbonyl (C=O) groups excluding carboxylic acids is 1. The van der Waals surface area contributed by atoms with Crippen LogP contribution in [0.3, 0.4) is 0 Å². The molecule has 0 saturated heterocycles. The van der Waals surface area contributed by atoms with E-state index in [2.05, 4.69) is 5.32 Å². The van der Waals surface area contributed by atoms with Gasteiger partial charge in [0.2, 0.25) is 0 Å². The zero-order valence-electron chi connectivity index (χ0n) is 16.3. The second-order valence-corrected chi connectivity index (χ2v) is 6.42. The van der Waals surface area contributed by atoms with Crippen LogP contribution in [0.15, 0.2) is 66.7 Å². The number of hydrogen-bond acceptors (Lipinski definition) is 5. The molecule has 0 saturated carbocycles. The number of nitrogens with zero attached hydrogens (tertiary/aromatic N) is 1. The smallest absolute Gasteiger partial charge is 0.270 e. The molecule has 0 heterocycles. The number of ether oxygens (including phenoxy) is 2. The van der Waals surface area contributed by atoms with Crippen molar-refractivity contribution < 1.29 is 23.6 Å². The summed E-state index contributed by atoms with van der Waals surface area (Å²) in [5.74, 6) is 0.0965. The topological polar surface area (TPSA) is 90.7 Å². The van der Waals surface area contributed by atoms with Crippen LogP contribution >= 0.6 is 0 Å². The molecule has 154 valence electrons. The summed E-state index contributed by atoms with van der Waals surface area (Å²) in [6.45, 7) is 1.55. The quantitative estimate of drug-likeness (QED) is 0.446. The first kappa shape index (κ1) is 20.8. The number of hydrogen-bond donors (Lipinski definition) is 1. The van der Waals surface area contributed by atoms with Gasteiger partial charge in [0.05, 0.1) is 12.0 Å². The van der Waals surface area contributed by atoms with E-state index in [1.165, 1.54) is 49.6 Å². The van der Waals surface area contributed by atoms with Crippen LogP contribution in [-0.4, -0.2) is 24.0 Å². The first-order valence-corrected chi connectivity index (χ1v) is 9.03. The fourth-order valence-corrected chi connectivity index (χ4v) is 2.75. The SMILES string of the molecule is COc1ccc(-c2cc([N+](=O)[O-])ccc2O[C@@H](C)C(=O)Nc2ccc(F)cc2)cc1. The number of non-ortho nitro benzene ring substituents is 1. The summed E-state index contributed by atoms with van der Waals surface area (Å²) in [5.41, 5.74) is 1.46. The summed E-state index contributed by atoms with van der Waals surface area (Å²) in [7, 11) is 1.54. The van der Waals surface area contributed by atoms with Gasteiger partial charge in [-0.2, -0.15) is 0 Å². The number of carbonyl (C=O) groups is 1. The van der Waals surface area contributed by atoms with Crippen LogP contribution in [0.4, 0.5) is 15.8 Å². The Hall–Kier alpha value is -3.94. The minimum Gasteiger partial charge on any atom is -0.497 e. The van der Waals surface area contributed by atoms with Gasteiger partial charge in [0.1, 0.15) is 17.3 Å². The standard InChI is InChI=1S/C22H19FN2O5/c1-14(22(26)24-17-7-5-16(23)6-8-17)30-21-12-9-18(25(27)28)13-20(21)15-3-10-19(29-2)11-4-15/h3-14H,1-2H3,(H,24,26)/t14-/m0/s1. The molecule has 8 heteroatoms. The van der Waals surface area contributed by atoms with Gasteiger partial charge in [0.15, 0.2) is 6.10 Å². The van der Waals surface area contributed by atoms with Gasteiger partial charge in [0, 0.05) is 23.4 Å². The number of rotatable bonds is 7. The van der Waals surface area contributed by atoms with E-state index in [0.717, 1.165) is 0 Å². The Morgan fingerprint density at radius 3 is 2.33 bits per heavy atom. The summed E-state index contributed by atoms with van der Waals surface area (Å²) < 4.78 is 24.0. The second kappa shape index (κ2) is 9.04. The van der Waals surface area contributed by atoms with E-state index in [4.69, 9.17) is 9.47 Å². The minimum absolute atomic E-state index is 0.100. The number of amides is 1. The zero-order valence-corrected chi connectivity index (χ0v) is 16.3. The summed E-state index contributed by atoms with van der Waals surface area (Å²) in [4.78, 5) is 23.2. The molecule has 3 aromatic carbocycles. The predicted octanol–water partition coefficient (Wildman–Crippen LogP) is 4.82. The van der Waals surface area contributed by atoms with E-state index in [9.17, 15) is 19.3 Å². The molecule has 3 rings (SSSR count). The molecule has 30 heavy (non-hydrogen) atoms. The van der Waals surface area contributed by atoms with Crippen LogP contribution in [0.1, 0.15) is 6.92 Å². The first-order chi connectivity index (χ1) is 14.4. The van der Waals surface area contributed by atoms with Crippen molar-refractivity contribution in [1.29, 1.82) is 0 Å². The summed E-state index contributed by atoms with van der Waals surface area (Å²) >= 11 is 0. The number of methoxy groups -OCH3 is 1. The molecule has 1 atom stereocenters. The van der Waals surface area contributed by atoms with E-state index in [-0.39, 0.29) is 5.69 Å².